The highest BCUT2D eigenvalue weighted by Crippen LogP contribution is 2.10. The standard InChI is InChI=1S/C15H19N3O4S/c1-3-4-13-17-15(22-18-13)10-23(20,21)9-14(19)16-12-7-5-11(2)6-8-12/h5-8H,3-4,9-10H2,1-2H3,(H,16,19). The van der Waals surface area contributed by atoms with E-state index in [2.05, 4.69) is 15.5 Å². The number of carbonyl (C=O) groups excluding carboxylic acids is 1. The van der Waals surface area contributed by atoms with Crippen LogP contribution in [-0.4, -0.2) is 30.2 Å². The quantitative estimate of drug-likeness (QED) is 0.827. The molecule has 23 heavy (non-hydrogen) atoms. The molecule has 8 heteroatoms. The van der Waals surface area contributed by atoms with Crippen LogP contribution in [0, 0.1) is 6.92 Å². The SMILES string of the molecule is CCCc1noc(CS(=O)(=O)CC(=O)Nc2ccc(C)cc2)n1. The summed E-state index contributed by atoms with van der Waals surface area (Å²) in [5.74, 6) is -1.18. The van der Waals surface area contributed by atoms with Crippen LogP contribution < -0.4 is 5.32 Å². The van der Waals surface area contributed by atoms with E-state index in [4.69, 9.17) is 4.52 Å². The second-order valence-corrected chi connectivity index (χ2v) is 7.37. The van der Waals surface area contributed by atoms with E-state index in [9.17, 15) is 13.2 Å². The minimum absolute atomic E-state index is 0.0107. The Bertz CT molecular complexity index is 766. The van der Waals surface area contributed by atoms with Crippen molar-refractivity contribution in [1.29, 1.82) is 0 Å². The molecule has 0 atom stereocenters. The lowest BCUT2D eigenvalue weighted by Crippen LogP contribution is -2.24. The lowest BCUT2D eigenvalue weighted by atomic mass is 10.2. The molecule has 1 N–H and O–H groups in total. The molecule has 1 aromatic carbocycles. The van der Waals surface area contributed by atoms with Gasteiger partial charge in [0.1, 0.15) is 11.5 Å². The van der Waals surface area contributed by atoms with Gasteiger partial charge in [0.05, 0.1) is 0 Å². The van der Waals surface area contributed by atoms with Crippen LogP contribution in [0.15, 0.2) is 28.8 Å². The molecule has 2 aromatic rings. The zero-order valence-corrected chi connectivity index (χ0v) is 13.9. The molecule has 0 fully saturated rings. The van der Waals surface area contributed by atoms with Gasteiger partial charge in [0.25, 0.3) is 0 Å². The van der Waals surface area contributed by atoms with Crippen LogP contribution in [0.2, 0.25) is 0 Å². The van der Waals surface area contributed by atoms with E-state index in [-0.39, 0.29) is 5.89 Å². The van der Waals surface area contributed by atoms with Crippen molar-refractivity contribution in [3.8, 4) is 0 Å². The van der Waals surface area contributed by atoms with Crippen molar-refractivity contribution in [2.45, 2.75) is 32.4 Å². The Hall–Kier alpha value is -2.22. The van der Waals surface area contributed by atoms with Gasteiger partial charge in [-0.1, -0.05) is 29.8 Å². The fourth-order valence-corrected chi connectivity index (χ4v) is 3.01. The molecular formula is C15H19N3O4S. The smallest absolute Gasteiger partial charge is 0.241 e. The van der Waals surface area contributed by atoms with Gasteiger partial charge in [0, 0.05) is 12.1 Å². The summed E-state index contributed by atoms with van der Waals surface area (Å²) in [6, 6.07) is 7.10. The molecule has 1 heterocycles. The third-order valence-electron chi connectivity index (χ3n) is 3.01. The number of anilines is 1. The van der Waals surface area contributed by atoms with Gasteiger partial charge >= 0.3 is 0 Å². The Balaban J connectivity index is 1.94. The van der Waals surface area contributed by atoms with E-state index >= 15 is 0 Å². The minimum Gasteiger partial charge on any atom is -0.338 e. The fourth-order valence-electron chi connectivity index (χ4n) is 1.95. The van der Waals surface area contributed by atoms with Gasteiger partial charge in [-0.25, -0.2) is 8.42 Å². The van der Waals surface area contributed by atoms with Crippen LogP contribution in [-0.2, 0) is 26.8 Å². The van der Waals surface area contributed by atoms with Crippen molar-refractivity contribution in [1.82, 2.24) is 10.1 Å². The fraction of sp³-hybridized carbons (Fsp3) is 0.400. The topological polar surface area (TPSA) is 102 Å². The van der Waals surface area contributed by atoms with Crippen molar-refractivity contribution < 1.29 is 17.7 Å². The molecule has 7 nitrogen and oxygen atoms in total. The lowest BCUT2D eigenvalue weighted by molar-refractivity contribution is -0.113. The Morgan fingerprint density at radius 2 is 1.96 bits per heavy atom. The Kier molecular flexibility index (Phi) is 5.49. The molecule has 0 saturated carbocycles. The van der Waals surface area contributed by atoms with Crippen LogP contribution >= 0.6 is 0 Å². The summed E-state index contributed by atoms with van der Waals surface area (Å²) in [7, 11) is -3.67. The average molecular weight is 337 g/mol. The number of nitrogens with one attached hydrogen (secondary N) is 1. The first kappa shape index (κ1) is 17.1. The summed E-state index contributed by atoms with van der Waals surface area (Å²) in [6.07, 6.45) is 1.46. The molecular weight excluding hydrogens is 318 g/mol. The van der Waals surface area contributed by atoms with Gasteiger partial charge in [-0.15, -0.1) is 0 Å². The molecule has 0 unspecified atom stereocenters. The molecule has 0 spiro atoms. The van der Waals surface area contributed by atoms with Gasteiger partial charge in [0.15, 0.2) is 15.7 Å². The Labute approximate surface area is 135 Å². The van der Waals surface area contributed by atoms with Crippen LogP contribution in [0.3, 0.4) is 0 Å². The van der Waals surface area contributed by atoms with Crippen LogP contribution in [0.5, 0.6) is 0 Å². The summed E-state index contributed by atoms with van der Waals surface area (Å²) in [5, 5.41) is 6.25. The van der Waals surface area contributed by atoms with E-state index in [0.29, 0.717) is 17.9 Å². The number of rotatable bonds is 7. The first-order valence-electron chi connectivity index (χ1n) is 7.26. The summed E-state index contributed by atoms with van der Waals surface area (Å²) < 4.78 is 29.0. The monoisotopic (exact) mass is 337 g/mol. The Morgan fingerprint density at radius 1 is 1.26 bits per heavy atom. The van der Waals surface area contributed by atoms with Crippen molar-refractivity contribution in [3.63, 3.8) is 0 Å². The molecule has 0 saturated heterocycles. The molecule has 2 rings (SSSR count). The van der Waals surface area contributed by atoms with Crippen molar-refractivity contribution >= 4 is 21.4 Å². The normalized spacial score (nSPS) is 11.4. The molecule has 1 aromatic heterocycles. The van der Waals surface area contributed by atoms with E-state index in [1.54, 1.807) is 12.1 Å². The number of nitrogens with zero attached hydrogens (tertiary/aromatic N) is 2. The number of hydrogen-bond donors (Lipinski definition) is 1. The largest absolute Gasteiger partial charge is 0.338 e. The zero-order chi connectivity index (χ0) is 16.9. The third-order valence-corrected chi connectivity index (χ3v) is 4.40. The maximum atomic E-state index is 12.0. The maximum absolute atomic E-state index is 12.0. The molecule has 1 amide bonds. The molecule has 0 aliphatic heterocycles. The van der Waals surface area contributed by atoms with Crippen LogP contribution in [0.1, 0.15) is 30.6 Å². The average Bonchev–Trinajstić information content (AvgIpc) is 2.87. The third kappa shape index (κ3) is 5.48. The van der Waals surface area contributed by atoms with E-state index in [0.717, 1.165) is 12.0 Å². The molecule has 0 aliphatic carbocycles. The van der Waals surface area contributed by atoms with E-state index in [1.165, 1.54) is 0 Å². The zero-order valence-electron chi connectivity index (χ0n) is 13.1. The molecule has 0 aliphatic rings. The highest BCUT2D eigenvalue weighted by molar-refractivity contribution is 7.91. The number of aromatic nitrogens is 2. The minimum atomic E-state index is -3.67. The second-order valence-electron chi connectivity index (χ2n) is 5.30. The van der Waals surface area contributed by atoms with Gasteiger partial charge in [-0.05, 0) is 25.5 Å². The first-order chi connectivity index (χ1) is 10.9. The summed E-state index contributed by atoms with van der Waals surface area (Å²) >= 11 is 0. The van der Waals surface area contributed by atoms with E-state index in [1.807, 2.05) is 26.0 Å². The van der Waals surface area contributed by atoms with Crippen molar-refractivity contribution in [3.05, 3.63) is 41.5 Å². The summed E-state index contributed by atoms with van der Waals surface area (Å²) in [4.78, 5) is 15.9. The number of aryl methyl sites for hydroxylation is 2. The van der Waals surface area contributed by atoms with Gasteiger partial charge in [-0.3, -0.25) is 4.79 Å². The number of benzene rings is 1. The Morgan fingerprint density at radius 3 is 2.61 bits per heavy atom. The van der Waals surface area contributed by atoms with Crippen LogP contribution in [0.25, 0.3) is 0 Å². The predicted octanol–water partition coefficient (Wildman–Crippen LogP) is 1.88. The van der Waals surface area contributed by atoms with Gasteiger partial charge < -0.3 is 9.84 Å². The van der Waals surface area contributed by atoms with E-state index < -0.39 is 27.3 Å². The van der Waals surface area contributed by atoms with Crippen molar-refractivity contribution in [2.75, 3.05) is 11.1 Å². The highest BCUT2D eigenvalue weighted by Gasteiger charge is 2.21. The highest BCUT2D eigenvalue weighted by atomic mass is 32.2. The second kappa shape index (κ2) is 7.36. The van der Waals surface area contributed by atoms with Crippen LogP contribution in [0.4, 0.5) is 5.69 Å². The first-order valence-corrected chi connectivity index (χ1v) is 9.08. The molecule has 0 radical (unpaired) electrons. The van der Waals surface area contributed by atoms with Gasteiger partial charge in [-0.2, -0.15) is 4.98 Å². The van der Waals surface area contributed by atoms with Crippen molar-refractivity contribution in [2.24, 2.45) is 0 Å². The summed E-state index contributed by atoms with van der Waals surface area (Å²) in [5.41, 5.74) is 1.61. The van der Waals surface area contributed by atoms with Gasteiger partial charge in [0.2, 0.25) is 11.8 Å². The molecule has 0 bridgehead atoms. The number of hydrogen-bond acceptors (Lipinski definition) is 6. The molecule has 124 valence electrons. The summed E-state index contributed by atoms with van der Waals surface area (Å²) in [6.45, 7) is 3.88. The number of amides is 1. The lowest BCUT2D eigenvalue weighted by Gasteiger charge is -2.05. The number of sulfone groups is 1. The number of carbonyl (C=O) groups is 1. The predicted molar refractivity (Wildman–Crippen MR) is 85.6 cm³/mol. The maximum Gasteiger partial charge on any atom is 0.241 e.